The minimum Gasteiger partial charge on any atom is -0.194 e. The number of hydrogen-bond acceptors (Lipinski definition) is 0. The molecular weight excluding hydrogens is 422 g/mol. The molecule has 5 aromatic carbocycles. The summed E-state index contributed by atoms with van der Waals surface area (Å²) in [5.41, 5.74) is 11.0. The summed E-state index contributed by atoms with van der Waals surface area (Å²) in [6, 6.07) is 49.9. The van der Waals surface area contributed by atoms with E-state index in [0.29, 0.717) is 0 Å². The van der Waals surface area contributed by atoms with Crippen LogP contribution in [0.15, 0.2) is 140 Å². The molecule has 0 saturated carbocycles. The van der Waals surface area contributed by atoms with E-state index < -0.39 is 0 Å². The van der Waals surface area contributed by atoms with Crippen molar-refractivity contribution in [3.63, 3.8) is 0 Å². The van der Waals surface area contributed by atoms with Crippen LogP contribution in [0.1, 0.15) is 0 Å². The fraction of sp³-hybridized carbons (Fsp3) is 0.0294. The fourth-order valence-corrected chi connectivity index (χ4v) is 5.00. The number of aromatic nitrogens is 1. The molecule has 35 heavy (non-hydrogen) atoms. The Kier molecular flexibility index (Phi) is 5.44. The Balaban J connectivity index is 1.74. The average Bonchev–Trinajstić information content (AvgIpc) is 2.94. The van der Waals surface area contributed by atoms with Crippen LogP contribution in [-0.4, -0.2) is 0 Å². The van der Waals surface area contributed by atoms with Crippen LogP contribution in [0.4, 0.5) is 0 Å². The van der Waals surface area contributed by atoms with E-state index in [0.717, 1.165) is 0 Å². The Morgan fingerprint density at radius 2 is 0.914 bits per heavy atom. The monoisotopic (exact) mass is 448 g/mol. The van der Waals surface area contributed by atoms with Gasteiger partial charge >= 0.3 is 0 Å². The van der Waals surface area contributed by atoms with Gasteiger partial charge in [0, 0.05) is 17.5 Å². The van der Waals surface area contributed by atoms with Crippen molar-refractivity contribution in [1.29, 1.82) is 0 Å². The smallest absolute Gasteiger partial charge is 0.194 e. The molecule has 0 atom stereocenters. The maximum absolute atomic E-state index is 2.35. The van der Waals surface area contributed by atoms with Gasteiger partial charge in [-0.3, -0.25) is 0 Å². The summed E-state index contributed by atoms with van der Waals surface area (Å²) in [7, 11) is 2.17. The normalized spacial score (nSPS) is 11.0. The van der Waals surface area contributed by atoms with E-state index in [1.165, 1.54) is 55.5 Å². The van der Waals surface area contributed by atoms with Gasteiger partial charge in [0.15, 0.2) is 0 Å². The van der Waals surface area contributed by atoms with Gasteiger partial charge in [-0.15, -0.1) is 0 Å². The number of benzene rings is 5. The lowest BCUT2D eigenvalue weighted by atomic mass is 9.86. The molecule has 166 valence electrons. The van der Waals surface area contributed by atoms with Crippen molar-refractivity contribution in [2.24, 2.45) is 7.05 Å². The number of fused-ring (bicyclic) bond motifs is 1. The zero-order valence-corrected chi connectivity index (χ0v) is 19.7. The highest BCUT2D eigenvalue weighted by atomic mass is 14.9. The first-order valence-corrected chi connectivity index (χ1v) is 12.0. The van der Waals surface area contributed by atoms with Crippen LogP contribution in [0, 0.1) is 0 Å². The second kappa shape index (κ2) is 9.04. The van der Waals surface area contributed by atoms with Gasteiger partial charge in [-0.05, 0) is 57.6 Å². The maximum Gasteiger partial charge on any atom is 0.214 e. The number of hydrogen-bond donors (Lipinski definition) is 0. The summed E-state index contributed by atoms with van der Waals surface area (Å²) in [5.74, 6) is 0. The molecule has 1 heterocycles. The lowest BCUT2D eigenvalue weighted by Crippen LogP contribution is -2.32. The molecule has 0 radical (unpaired) electrons. The van der Waals surface area contributed by atoms with E-state index in [1.54, 1.807) is 0 Å². The molecule has 0 aliphatic carbocycles. The Morgan fingerprint density at radius 3 is 1.49 bits per heavy atom. The predicted molar refractivity (Wildman–Crippen MR) is 147 cm³/mol. The molecule has 0 N–H and O–H groups in total. The van der Waals surface area contributed by atoms with Crippen LogP contribution in [0.5, 0.6) is 0 Å². The first-order chi connectivity index (χ1) is 17.3. The van der Waals surface area contributed by atoms with E-state index in [2.05, 4.69) is 151 Å². The van der Waals surface area contributed by atoms with E-state index in [1.807, 2.05) is 0 Å². The van der Waals surface area contributed by atoms with Crippen LogP contribution in [0.2, 0.25) is 0 Å². The molecule has 0 unspecified atom stereocenters. The Morgan fingerprint density at radius 1 is 0.429 bits per heavy atom. The summed E-state index contributed by atoms with van der Waals surface area (Å²) in [6.45, 7) is 0. The number of para-hydroxylation sites is 1. The van der Waals surface area contributed by atoms with E-state index in [-0.39, 0.29) is 0 Å². The minimum absolute atomic E-state index is 1.20. The van der Waals surface area contributed by atoms with Gasteiger partial charge in [0.25, 0.3) is 0 Å². The zero-order valence-electron chi connectivity index (χ0n) is 19.7. The number of rotatable bonds is 4. The van der Waals surface area contributed by atoms with E-state index >= 15 is 0 Å². The molecular formula is C34H26N+. The van der Waals surface area contributed by atoms with Gasteiger partial charge in [-0.25, -0.2) is 0 Å². The van der Waals surface area contributed by atoms with Gasteiger partial charge < -0.3 is 0 Å². The predicted octanol–water partition coefficient (Wildman–Crippen LogP) is 8.33. The van der Waals surface area contributed by atoms with Crippen molar-refractivity contribution in [2.75, 3.05) is 0 Å². The summed E-state index contributed by atoms with van der Waals surface area (Å²) < 4.78 is 2.33. The quantitative estimate of drug-likeness (QED) is 0.239. The molecule has 1 nitrogen and oxygen atoms in total. The van der Waals surface area contributed by atoms with Gasteiger partial charge in [0.2, 0.25) is 11.2 Å². The second-order valence-corrected chi connectivity index (χ2v) is 8.88. The standard InChI is InChI=1S/C34H26N/c1-35-32-20-12-11-19-28(32)21-22-33(35)34-30(26-15-7-3-8-16-26)23-29(25-13-5-2-6-14-25)24-31(34)27-17-9-4-10-18-27/h2-24H,1H3/q+1. The van der Waals surface area contributed by atoms with Crippen LogP contribution in [0.25, 0.3) is 55.5 Å². The summed E-state index contributed by atoms with van der Waals surface area (Å²) in [4.78, 5) is 0. The molecule has 0 spiro atoms. The molecule has 1 heteroatoms. The van der Waals surface area contributed by atoms with Crippen LogP contribution >= 0.6 is 0 Å². The Labute approximate surface area is 206 Å². The number of aryl methyl sites for hydroxylation is 1. The van der Waals surface area contributed by atoms with E-state index in [4.69, 9.17) is 0 Å². The van der Waals surface area contributed by atoms with Crippen LogP contribution < -0.4 is 4.57 Å². The van der Waals surface area contributed by atoms with Gasteiger partial charge in [0.1, 0.15) is 7.05 Å². The number of nitrogens with zero attached hydrogens (tertiary/aromatic N) is 1. The van der Waals surface area contributed by atoms with E-state index in [9.17, 15) is 0 Å². The molecule has 6 rings (SSSR count). The molecule has 1 aromatic heterocycles. The Hall–Kier alpha value is -4.49. The molecule has 0 amide bonds. The summed E-state index contributed by atoms with van der Waals surface area (Å²) in [6.07, 6.45) is 0. The molecule has 0 saturated heterocycles. The number of pyridine rings is 1. The molecule has 0 fully saturated rings. The first-order valence-electron chi connectivity index (χ1n) is 12.0. The first kappa shape index (κ1) is 21.1. The SMILES string of the molecule is C[n+]1c(-c2c(-c3ccccc3)cc(-c3ccccc3)cc2-c2ccccc2)ccc2ccccc21. The van der Waals surface area contributed by atoms with Crippen molar-refractivity contribution in [2.45, 2.75) is 0 Å². The van der Waals surface area contributed by atoms with Gasteiger partial charge in [0.05, 0.1) is 5.56 Å². The molecule has 0 aliphatic rings. The van der Waals surface area contributed by atoms with Crippen LogP contribution in [0.3, 0.4) is 0 Å². The van der Waals surface area contributed by atoms with Crippen molar-refractivity contribution in [3.05, 3.63) is 140 Å². The molecule has 0 bridgehead atoms. The second-order valence-electron chi connectivity index (χ2n) is 8.88. The summed E-state index contributed by atoms with van der Waals surface area (Å²) >= 11 is 0. The van der Waals surface area contributed by atoms with Crippen LogP contribution in [-0.2, 0) is 7.05 Å². The third kappa shape index (κ3) is 3.92. The third-order valence-corrected chi connectivity index (χ3v) is 6.75. The third-order valence-electron chi connectivity index (χ3n) is 6.75. The average molecular weight is 449 g/mol. The highest BCUT2D eigenvalue weighted by Crippen LogP contribution is 2.42. The summed E-state index contributed by atoms with van der Waals surface area (Å²) in [5, 5.41) is 1.24. The van der Waals surface area contributed by atoms with Crippen molar-refractivity contribution in [1.82, 2.24) is 0 Å². The highest BCUT2D eigenvalue weighted by molar-refractivity contribution is 5.96. The lowest BCUT2D eigenvalue weighted by molar-refractivity contribution is -0.633. The van der Waals surface area contributed by atoms with Gasteiger partial charge in [-0.2, -0.15) is 4.57 Å². The topological polar surface area (TPSA) is 3.88 Å². The highest BCUT2D eigenvalue weighted by Gasteiger charge is 2.23. The van der Waals surface area contributed by atoms with Gasteiger partial charge in [-0.1, -0.05) is 103 Å². The maximum atomic E-state index is 2.35. The Bertz CT molecular complexity index is 1560. The minimum atomic E-state index is 1.20. The zero-order chi connectivity index (χ0) is 23.6. The van der Waals surface area contributed by atoms with Crippen molar-refractivity contribution < 1.29 is 4.57 Å². The van der Waals surface area contributed by atoms with Crippen molar-refractivity contribution in [3.8, 4) is 44.6 Å². The van der Waals surface area contributed by atoms with Crippen molar-refractivity contribution >= 4 is 10.9 Å². The fourth-order valence-electron chi connectivity index (χ4n) is 5.00. The lowest BCUT2D eigenvalue weighted by Gasteiger charge is -2.18. The molecule has 0 aliphatic heterocycles. The molecule has 6 aromatic rings. The largest absolute Gasteiger partial charge is 0.214 e.